The Labute approximate surface area is 238 Å². The van der Waals surface area contributed by atoms with Crippen LogP contribution in [0.25, 0.3) is 11.8 Å². The summed E-state index contributed by atoms with van der Waals surface area (Å²) in [5, 5.41) is 4.61. The molecule has 41 heavy (non-hydrogen) atoms. The van der Waals surface area contributed by atoms with Gasteiger partial charge in [0.05, 0.1) is 27.9 Å². The quantitative estimate of drug-likeness (QED) is 0.270. The Kier molecular flexibility index (Phi) is 6.24. The maximum absolute atomic E-state index is 14.4. The van der Waals surface area contributed by atoms with Gasteiger partial charge in [-0.15, -0.1) is 0 Å². The molecule has 0 radical (unpaired) electrons. The lowest BCUT2D eigenvalue weighted by Gasteiger charge is -2.46. The summed E-state index contributed by atoms with van der Waals surface area (Å²) in [7, 11) is -3.75. The van der Waals surface area contributed by atoms with Gasteiger partial charge in [0.25, 0.3) is 0 Å². The van der Waals surface area contributed by atoms with E-state index in [-0.39, 0.29) is 28.6 Å². The van der Waals surface area contributed by atoms with Crippen molar-refractivity contribution in [2.75, 3.05) is 0 Å². The molecule has 0 saturated heterocycles. The third-order valence-electron chi connectivity index (χ3n) is 8.62. The lowest BCUT2D eigenvalue weighted by Crippen LogP contribution is -2.51. The number of allylic oxidation sites excluding steroid dienone is 1. The zero-order valence-electron chi connectivity index (χ0n) is 22.4. The number of hydrogen-bond donors (Lipinski definition) is 0. The fourth-order valence-corrected chi connectivity index (χ4v) is 8.49. The average molecular weight is 569 g/mol. The highest BCUT2D eigenvalue weighted by Crippen LogP contribution is 2.52. The summed E-state index contributed by atoms with van der Waals surface area (Å²) in [6.45, 7) is 0. The first-order chi connectivity index (χ1) is 19.9. The van der Waals surface area contributed by atoms with Gasteiger partial charge in [0.1, 0.15) is 11.5 Å². The van der Waals surface area contributed by atoms with Gasteiger partial charge in [-0.25, -0.2) is 17.5 Å². The van der Waals surface area contributed by atoms with Gasteiger partial charge < -0.3 is 0 Å². The van der Waals surface area contributed by atoms with Crippen molar-refractivity contribution in [2.45, 2.75) is 55.5 Å². The first kappa shape index (κ1) is 26.0. The van der Waals surface area contributed by atoms with Crippen LogP contribution >= 0.6 is 0 Å². The molecule has 2 saturated carbocycles. The number of rotatable bonds is 7. The van der Waals surface area contributed by atoms with Crippen LogP contribution < -0.4 is 0 Å². The number of sulfonamides is 1. The van der Waals surface area contributed by atoms with Crippen LogP contribution in [0.5, 0.6) is 0 Å². The second-order valence-electron chi connectivity index (χ2n) is 11.2. The van der Waals surface area contributed by atoms with Crippen molar-refractivity contribution in [1.82, 2.24) is 19.1 Å². The van der Waals surface area contributed by atoms with E-state index in [4.69, 9.17) is 0 Å². The van der Waals surface area contributed by atoms with E-state index >= 15 is 0 Å². The normalized spacial score (nSPS) is 22.1. The number of halogens is 1. The van der Waals surface area contributed by atoms with Gasteiger partial charge in [0.15, 0.2) is 5.78 Å². The van der Waals surface area contributed by atoms with Crippen LogP contribution in [0.4, 0.5) is 4.39 Å². The van der Waals surface area contributed by atoms with Gasteiger partial charge in [-0.3, -0.25) is 9.78 Å². The summed E-state index contributed by atoms with van der Waals surface area (Å²) in [4.78, 5) is 19.1. The van der Waals surface area contributed by atoms with Crippen LogP contribution in [0.1, 0.15) is 53.8 Å². The van der Waals surface area contributed by atoms with Crippen LogP contribution in [0, 0.1) is 11.2 Å². The van der Waals surface area contributed by atoms with Gasteiger partial charge in [-0.1, -0.05) is 29.8 Å². The molecule has 7 nitrogen and oxygen atoms in total. The van der Waals surface area contributed by atoms with Crippen LogP contribution in [0.3, 0.4) is 0 Å². The minimum atomic E-state index is -3.75. The molecule has 4 aromatic rings. The van der Waals surface area contributed by atoms with Crippen molar-refractivity contribution in [1.29, 1.82) is 0 Å². The van der Waals surface area contributed by atoms with Crippen molar-refractivity contribution < 1.29 is 17.6 Å². The first-order valence-corrected chi connectivity index (χ1v) is 15.4. The van der Waals surface area contributed by atoms with E-state index < -0.39 is 15.4 Å². The topological polar surface area (TPSA) is 85.2 Å². The van der Waals surface area contributed by atoms with E-state index in [1.165, 1.54) is 12.1 Å². The molecule has 3 aliphatic carbocycles. The Morgan fingerprint density at radius 2 is 1.71 bits per heavy atom. The second kappa shape index (κ2) is 9.85. The third-order valence-corrected chi connectivity index (χ3v) is 10.6. The van der Waals surface area contributed by atoms with E-state index in [1.54, 1.807) is 76.0 Å². The number of carbonyl (C=O) groups excluding carboxylic acids is 1. The van der Waals surface area contributed by atoms with E-state index in [0.29, 0.717) is 31.4 Å². The van der Waals surface area contributed by atoms with Crippen LogP contribution in [-0.4, -0.2) is 45.4 Å². The molecule has 0 unspecified atom stereocenters. The monoisotopic (exact) mass is 568 g/mol. The van der Waals surface area contributed by atoms with Gasteiger partial charge in [-0.05, 0) is 98.7 Å². The number of hydrogen-bond acceptors (Lipinski definition) is 5. The molecule has 208 valence electrons. The number of fused-ring (bicyclic) bond motifs is 2. The summed E-state index contributed by atoms with van der Waals surface area (Å²) in [5.41, 5.74) is 2.89. The van der Waals surface area contributed by atoms with E-state index in [1.807, 2.05) is 12.1 Å². The fourth-order valence-electron chi connectivity index (χ4n) is 6.56. The second-order valence-corrected chi connectivity index (χ2v) is 13.0. The maximum Gasteiger partial charge on any atom is 0.243 e. The van der Waals surface area contributed by atoms with E-state index in [2.05, 4.69) is 10.1 Å². The molecule has 9 heteroatoms. The number of nitrogens with zero attached hydrogens (tertiary/aromatic N) is 4. The molecule has 2 aromatic heterocycles. The van der Waals surface area contributed by atoms with Gasteiger partial charge >= 0.3 is 0 Å². The molecule has 2 atom stereocenters. The molecule has 2 aromatic carbocycles. The molecule has 0 bridgehead atoms. The Morgan fingerprint density at radius 1 is 0.951 bits per heavy atom. The van der Waals surface area contributed by atoms with Crippen LogP contribution in [-0.2, 0) is 16.4 Å². The highest BCUT2D eigenvalue weighted by atomic mass is 32.2. The Bertz CT molecular complexity index is 1750. The Morgan fingerprint density at radius 3 is 2.41 bits per heavy atom. The molecule has 2 fully saturated rings. The van der Waals surface area contributed by atoms with Gasteiger partial charge in [-0.2, -0.15) is 9.40 Å². The third kappa shape index (κ3) is 4.44. The highest BCUT2D eigenvalue weighted by molar-refractivity contribution is 7.89. The number of carbonyl (C=O) groups is 1. The standard InChI is InChI=1S/C32H29FN4O3S/c33-24-10-13-25(14-11-24)36-30-18-23-9-12-27(37(26-15-16-26)41(39,40)28-6-2-1-3-7-28)20-32(23,19-22(30)21-35-36)31(38)29-8-4-5-17-34-29/h1-8,10-11,13-14,17-18,21,26-27H,9,12,15-16,19-20H2/t27-,32-/m0/s1. The fraction of sp³-hybridized carbons (Fsp3) is 0.281. The smallest absolute Gasteiger partial charge is 0.243 e. The lowest BCUT2D eigenvalue weighted by molar-refractivity contribution is 0.0733. The molecule has 0 spiro atoms. The van der Waals surface area contributed by atoms with Crippen molar-refractivity contribution in [3.63, 3.8) is 0 Å². The van der Waals surface area contributed by atoms with Gasteiger partial charge in [0, 0.05) is 18.3 Å². The van der Waals surface area contributed by atoms with Crippen LogP contribution in [0.15, 0.2) is 95.7 Å². The molecular formula is C32H29FN4O3S. The van der Waals surface area contributed by atoms with Gasteiger partial charge in [0.2, 0.25) is 10.0 Å². The number of aromatic nitrogens is 3. The minimum Gasteiger partial charge on any atom is -0.291 e. The maximum atomic E-state index is 14.4. The van der Waals surface area contributed by atoms with E-state index in [0.717, 1.165) is 35.4 Å². The van der Waals surface area contributed by atoms with Crippen molar-refractivity contribution in [3.8, 4) is 5.69 Å². The van der Waals surface area contributed by atoms with E-state index in [9.17, 15) is 17.6 Å². The number of pyridine rings is 1. The average Bonchev–Trinajstić information content (AvgIpc) is 3.75. The van der Waals surface area contributed by atoms with Crippen molar-refractivity contribution in [2.24, 2.45) is 5.41 Å². The lowest BCUT2D eigenvalue weighted by atomic mass is 9.60. The van der Waals surface area contributed by atoms with Crippen molar-refractivity contribution >= 4 is 21.9 Å². The summed E-state index contributed by atoms with van der Waals surface area (Å²) in [6, 6.07) is 19.7. The number of ketones is 1. The zero-order chi connectivity index (χ0) is 28.2. The number of benzene rings is 2. The summed E-state index contributed by atoms with van der Waals surface area (Å²) in [5.74, 6) is -0.417. The predicted molar refractivity (Wildman–Crippen MR) is 152 cm³/mol. The molecule has 3 aliphatic rings. The summed E-state index contributed by atoms with van der Waals surface area (Å²) >= 11 is 0. The Hall–Kier alpha value is -3.95. The largest absolute Gasteiger partial charge is 0.291 e. The first-order valence-electron chi connectivity index (χ1n) is 14.0. The molecule has 2 heterocycles. The summed E-state index contributed by atoms with van der Waals surface area (Å²) < 4.78 is 45.0. The van der Waals surface area contributed by atoms with Crippen LogP contribution in [0.2, 0.25) is 0 Å². The predicted octanol–water partition coefficient (Wildman–Crippen LogP) is 5.62. The molecule has 0 aliphatic heterocycles. The summed E-state index contributed by atoms with van der Waals surface area (Å²) in [6.07, 6.45) is 9.02. The highest BCUT2D eigenvalue weighted by Gasteiger charge is 2.53. The molecule has 7 rings (SSSR count). The Balaban J connectivity index is 1.32. The SMILES string of the molecule is O=C(c1ccccn1)[C@]12Cc3cnn(-c4ccc(F)cc4)c3C=C1CC[C@H](N(C1CC1)S(=O)(=O)c1ccccc1)C2. The zero-order valence-corrected chi connectivity index (χ0v) is 23.2. The van der Waals surface area contributed by atoms with Crippen molar-refractivity contribution in [3.05, 3.63) is 114 Å². The molecule has 0 N–H and O–H groups in total. The minimum absolute atomic E-state index is 0.0573. The molecule has 0 amide bonds. The molecular weight excluding hydrogens is 539 g/mol. The number of Topliss-reactive ketones (excluding diaryl/α,β-unsaturated/α-hetero) is 1.